The molecule has 0 atom stereocenters. The fourth-order valence-corrected chi connectivity index (χ4v) is 1.91. The van der Waals surface area contributed by atoms with Crippen molar-refractivity contribution in [3.05, 3.63) is 65.7 Å². The molecule has 0 saturated heterocycles. The predicted molar refractivity (Wildman–Crippen MR) is 85.9 cm³/mol. The Morgan fingerprint density at radius 2 is 1.83 bits per heavy atom. The molecule has 118 valence electrons. The van der Waals surface area contributed by atoms with Crippen LogP contribution in [0.15, 0.2) is 54.6 Å². The molecule has 0 heterocycles. The first kappa shape index (κ1) is 16.3. The van der Waals surface area contributed by atoms with Gasteiger partial charge in [0, 0.05) is 5.56 Å². The molecule has 5 nitrogen and oxygen atoms in total. The number of benzene rings is 2. The number of allylic oxidation sites excluding steroid dienone is 1. The highest BCUT2D eigenvalue weighted by atomic mass is 16.5. The summed E-state index contributed by atoms with van der Waals surface area (Å²) in [5.74, 6) is -0.682. The molecule has 0 fully saturated rings. The Hall–Kier alpha value is -3.08. The number of carbonyl (C=O) groups excluding carboxylic acids is 1. The van der Waals surface area contributed by atoms with Gasteiger partial charge in [0.05, 0.1) is 7.11 Å². The van der Waals surface area contributed by atoms with E-state index < -0.39 is 12.6 Å². The number of aliphatic carboxylic acids is 1. The molecule has 0 aromatic heterocycles. The zero-order valence-corrected chi connectivity index (χ0v) is 12.6. The van der Waals surface area contributed by atoms with Crippen LogP contribution in [0.1, 0.15) is 15.9 Å². The molecule has 2 aromatic carbocycles. The van der Waals surface area contributed by atoms with Gasteiger partial charge in [0.25, 0.3) is 0 Å². The molecule has 1 N–H and O–H groups in total. The monoisotopic (exact) mass is 312 g/mol. The highest BCUT2D eigenvalue weighted by Crippen LogP contribution is 2.28. The third kappa shape index (κ3) is 4.71. The van der Waals surface area contributed by atoms with Gasteiger partial charge in [-0.15, -0.1) is 0 Å². The number of hydrogen-bond donors (Lipinski definition) is 1. The molecule has 0 aliphatic heterocycles. The molecule has 0 spiro atoms. The van der Waals surface area contributed by atoms with Crippen molar-refractivity contribution in [2.45, 2.75) is 0 Å². The van der Waals surface area contributed by atoms with E-state index in [0.29, 0.717) is 11.3 Å². The van der Waals surface area contributed by atoms with Crippen molar-refractivity contribution >= 4 is 17.8 Å². The van der Waals surface area contributed by atoms with E-state index in [4.69, 9.17) is 14.6 Å². The first-order valence-corrected chi connectivity index (χ1v) is 6.90. The molecule has 2 aromatic rings. The lowest BCUT2D eigenvalue weighted by Crippen LogP contribution is -2.10. The molecule has 0 radical (unpaired) electrons. The summed E-state index contributed by atoms with van der Waals surface area (Å²) in [6.45, 7) is -0.475. The normalized spacial score (nSPS) is 10.5. The van der Waals surface area contributed by atoms with E-state index in [2.05, 4.69) is 0 Å². The van der Waals surface area contributed by atoms with Crippen LogP contribution in [0.2, 0.25) is 0 Å². The van der Waals surface area contributed by atoms with E-state index in [-0.39, 0.29) is 11.5 Å². The molecule has 5 heteroatoms. The first-order valence-electron chi connectivity index (χ1n) is 6.90. The van der Waals surface area contributed by atoms with E-state index in [9.17, 15) is 9.59 Å². The SMILES string of the molecule is COc1cc(C(=O)/C=C/c2ccccc2)ccc1OCC(=O)O. The lowest BCUT2D eigenvalue weighted by atomic mass is 10.1. The van der Waals surface area contributed by atoms with Crippen LogP contribution in [-0.4, -0.2) is 30.6 Å². The average molecular weight is 312 g/mol. The summed E-state index contributed by atoms with van der Waals surface area (Å²) in [7, 11) is 1.43. The minimum Gasteiger partial charge on any atom is -0.493 e. The third-order valence-electron chi connectivity index (χ3n) is 3.03. The van der Waals surface area contributed by atoms with Crippen LogP contribution in [0.4, 0.5) is 0 Å². The highest BCUT2D eigenvalue weighted by molar-refractivity contribution is 6.07. The predicted octanol–water partition coefficient (Wildman–Crippen LogP) is 3.05. The standard InChI is InChI=1S/C18H16O5/c1-22-17-11-14(8-10-16(17)23-12-18(20)21)15(19)9-7-13-5-3-2-4-6-13/h2-11H,12H2,1H3,(H,20,21)/b9-7+. The van der Waals surface area contributed by atoms with Gasteiger partial charge in [-0.05, 0) is 29.8 Å². The number of carbonyl (C=O) groups is 2. The van der Waals surface area contributed by atoms with Gasteiger partial charge in [-0.25, -0.2) is 4.79 Å². The first-order chi connectivity index (χ1) is 11.1. The average Bonchev–Trinajstić information content (AvgIpc) is 2.58. The van der Waals surface area contributed by atoms with Crippen LogP contribution >= 0.6 is 0 Å². The van der Waals surface area contributed by atoms with Gasteiger partial charge in [0.2, 0.25) is 0 Å². The van der Waals surface area contributed by atoms with E-state index in [1.165, 1.54) is 25.3 Å². The highest BCUT2D eigenvalue weighted by Gasteiger charge is 2.10. The van der Waals surface area contributed by atoms with Crippen LogP contribution < -0.4 is 9.47 Å². The number of carboxylic acid groups (broad SMARTS) is 1. The number of rotatable bonds is 7. The van der Waals surface area contributed by atoms with Gasteiger partial charge in [-0.1, -0.05) is 36.4 Å². The Balaban J connectivity index is 2.14. The maximum absolute atomic E-state index is 12.2. The van der Waals surface area contributed by atoms with E-state index in [1.54, 1.807) is 12.1 Å². The Bertz CT molecular complexity index is 719. The van der Waals surface area contributed by atoms with Crippen molar-refractivity contribution in [3.63, 3.8) is 0 Å². The van der Waals surface area contributed by atoms with Gasteiger partial charge < -0.3 is 14.6 Å². The molecule has 0 aliphatic carbocycles. The fraction of sp³-hybridized carbons (Fsp3) is 0.111. The summed E-state index contributed by atoms with van der Waals surface area (Å²) in [4.78, 5) is 22.7. The molecule has 23 heavy (non-hydrogen) atoms. The van der Waals surface area contributed by atoms with E-state index in [0.717, 1.165) is 5.56 Å². The smallest absolute Gasteiger partial charge is 0.341 e. The minimum atomic E-state index is -1.09. The van der Waals surface area contributed by atoms with Crippen molar-refractivity contribution in [3.8, 4) is 11.5 Å². The van der Waals surface area contributed by atoms with Crippen molar-refractivity contribution in [1.29, 1.82) is 0 Å². The molecular weight excluding hydrogens is 296 g/mol. The Kier molecular flexibility index (Phi) is 5.52. The summed E-state index contributed by atoms with van der Waals surface area (Å²) in [6, 6.07) is 14.1. The van der Waals surface area contributed by atoms with Crippen molar-refractivity contribution in [2.24, 2.45) is 0 Å². The van der Waals surface area contributed by atoms with Crippen molar-refractivity contribution in [1.82, 2.24) is 0 Å². The Morgan fingerprint density at radius 3 is 2.48 bits per heavy atom. The summed E-state index contributed by atoms with van der Waals surface area (Å²) in [5.41, 5.74) is 1.35. The number of ether oxygens (including phenoxy) is 2. The minimum absolute atomic E-state index is 0.183. The van der Waals surface area contributed by atoms with Crippen LogP contribution in [-0.2, 0) is 4.79 Å². The fourth-order valence-electron chi connectivity index (χ4n) is 1.91. The maximum atomic E-state index is 12.2. The number of hydrogen-bond acceptors (Lipinski definition) is 4. The topological polar surface area (TPSA) is 72.8 Å². The zero-order valence-electron chi connectivity index (χ0n) is 12.6. The Morgan fingerprint density at radius 1 is 1.09 bits per heavy atom. The number of carboxylic acids is 1. The van der Waals surface area contributed by atoms with Crippen LogP contribution in [0.5, 0.6) is 11.5 Å². The van der Waals surface area contributed by atoms with Crippen molar-refractivity contribution in [2.75, 3.05) is 13.7 Å². The molecule has 0 saturated carbocycles. The Labute approximate surface area is 133 Å². The summed E-state index contributed by atoms with van der Waals surface area (Å²) < 4.78 is 10.2. The van der Waals surface area contributed by atoms with Crippen LogP contribution in [0, 0.1) is 0 Å². The summed E-state index contributed by atoms with van der Waals surface area (Å²) >= 11 is 0. The molecule has 0 amide bonds. The maximum Gasteiger partial charge on any atom is 0.341 e. The van der Waals surface area contributed by atoms with E-state index >= 15 is 0 Å². The number of methoxy groups -OCH3 is 1. The van der Waals surface area contributed by atoms with Gasteiger partial charge in [0.15, 0.2) is 23.9 Å². The lowest BCUT2D eigenvalue weighted by Gasteiger charge is -2.09. The zero-order chi connectivity index (χ0) is 16.7. The molecular formula is C18H16O5. The quantitative estimate of drug-likeness (QED) is 0.628. The number of ketones is 1. The lowest BCUT2D eigenvalue weighted by molar-refractivity contribution is -0.139. The second-order valence-electron chi connectivity index (χ2n) is 4.66. The second-order valence-corrected chi connectivity index (χ2v) is 4.66. The molecule has 0 unspecified atom stereocenters. The van der Waals surface area contributed by atoms with Crippen LogP contribution in [0.3, 0.4) is 0 Å². The largest absolute Gasteiger partial charge is 0.493 e. The molecule has 2 rings (SSSR count). The van der Waals surface area contributed by atoms with Gasteiger partial charge in [-0.2, -0.15) is 0 Å². The van der Waals surface area contributed by atoms with Gasteiger partial charge in [0.1, 0.15) is 0 Å². The third-order valence-corrected chi connectivity index (χ3v) is 3.03. The van der Waals surface area contributed by atoms with Crippen molar-refractivity contribution < 1.29 is 24.2 Å². The van der Waals surface area contributed by atoms with Crippen LogP contribution in [0.25, 0.3) is 6.08 Å². The molecule has 0 bridgehead atoms. The second kappa shape index (κ2) is 7.79. The summed E-state index contributed by atoms with van der Waals surface area (Å²) in [6.07, 6.45) is 3.20. The van der Waals surface area contributed by atoms with Gasteiger partial charge >= 0.3 is 5.97 Å². The summed E-state index contributed by atoms with van der Waals surface area (Å²) in [5, 5.41) is 8.63. The van der Waals surface area contributed by atoms with Gasteiger partial charge in [-0.3, -0.25) is 4.79 Å². The van der Waals surface area contributed by atoms with E-state index in [1.807, 2.05) is 30.3 Å². The molecule has 0 aliphatic rings.